The summed E-state index contributed by atoms with van der Waals surface area (Å²) in [5, 5.41) is 6.36. The molecule has 0 amide bonds. The molecule has 0 unspecified atom stereocenters. The molecule has 0 aliphatic rings. The summed E-state index contributed by atoms with van der Waals surface area (Å²) in [5.41, 5.74) is 0. The highest BCUT2D eigenvalue weighted by Gasteiger charge is 2.03. The summed E-state index contributed by atoms with van der Waals surface area (Å²) in [5.74, 6) is 0.855. The van der Waals surface area contributed by atoms with Crippen LogP contribution in [0.25, 0.3) is 10.1 Å². The third-order valence-corrected chi connectivity index (χ3v) is 4.00. The van der Waals surface area contributed by atoms with E-state index in [1.54, 1.807) is 17.5 Å². The van der Waals surface area contributed by atoms with E-state index < -0.39 is 10.0 Å². The van der Waals surface area contributed by atoms with Gasteiger partial charge in [-0.25, -0.2) is 18.1 Å². The van der Waals surface area contributed by atoms with Crippen molar-refractivity contribution in [3.05, 3.63) is 23.7 Å². The average Bonchev–Trinajstić information content (AvgIpc) is 2.75. The van der Waals surface area contributed by atoms with Crippen molar-refractivity contribution in [2.24, 2.45) is 0 Å². The second kappa shape index (κ2) is 5.64. The highest BCUT2D eigenvalue weighted by molar-refractivity contribution is 7.88. The third-order valence-electron chi connectivity index (χ3n) is 2.39. The van der Waals surface area contributed by atoms with Crippen molar-refractivity contribution < 1.29 is 8.42 Å². The summed E-state index contributed by atoms with van der Waals surface area (Å²) < 4.78 is 25.4. The van der Waals surface area contributed by atoms with Gasteiger partial charge in [0.05, 0.1) is 6.26 Å². The van der Waals surface area contributed by atoms with Crippen LogP contribution in [0.1, 0.15) is 6.42 Å². The molecule has 0 saturated carbocycles. The molecule has 0 aliphatic heterocycles. The van der Waals surface area contributed by atoms with Crippen LogP contribution in [-0.2, 0) is 10.0 Å². The lowest BCUT2D eigenvalue weighted by atomic mass is 10.3. The summed E-state index contributed by atoms with van der Waals surface area (Å²) >= 11 is 1.68. The molecule has 2 heterocycles. The van der Waals surface area contributed by atoms with Crippen LogP contribution >= 0.6 is 11.3 Å². The second-order valence-corrected chi connectivity index (χ2v) is 6.72. The van der Waals surface area contributed by atoms with Crippen LogP contribution in [0.3, 0.4) is 0 Å². The fourth-order valence-electron chi connectivity index (χ4n) is 1.59. The summed E-state index contributed by atoms with van der Waals surface area (Å²) in [4.78, 5) is 4.28. The van der Waals surface area contributed by atoms with Gasteiger partial charge in [-0.1, -0.05) is 0 Å². The van der Waals surface area contributed by atoms with Crippen LogP contribution < -0.4 is 10.0 Å². The highest BCUT2D eigenvalue weighted by Crippen LogP contribution is 2.25. The molecule has 0 bridgehead atoms. The number of anilines is 1. The Labute approximate surface area is 110 Å². The molecule has 0 spiro atoms. The van der Waals surface area contributed by atoms with E-state index in [0.29, 0.717) is 13.1 Å². The van der Waals surface area contributed by atoms with Crippen molar-refractivity contribution in [3.63, 3.8) is 0 Å². The smallest absolute Gasteiger partial charge is 0.208 e. The Kier molecular flexibility index (Phi) is 4.15. The zero-order valence-corrected chi connectivity index (χ0v) is 11.6. The first kappa shape index (κ1) is 13.3. The summed E-state index contributed by atoms with van der Waals surface area (Å²) in [6.45, 7) is 1.12. The molecule has 98 valence electrons. The standard InChI is InChI=1S/C11H15N3O2S2/c1-18(15,16)14-6-2-5-12-11-9-4-8-17-10(9)3-7-13-11/h3-4,7-8,14H,2,5-6H2,1H3,(H,12,13). The number of pyridine rings is 1. The fraction of sp³-hybridized carbons (Fsp3) is 0.364. The van der Waals surface area contributed by atoms with Gasteiger partial charge in [0, 0.05) is 29.4 Å². The molecule has 5 nitrogen and oxygen atoms in total. The van der Waals surface area contributed by atoms with E-state index in [0.717, 1.165) is 23.9 Å². The van der Waals surface area contributed by atoms with Gasteiger partial charge in [0.2, 0.25) is 10.0 Å². The lowest BCUT2D eigenvalue weighted by Gasteiger charge is -2.06. The minimum absolute atomic E-state index is 0.436. The van der Waals surface area contributed by atoms with E-state index in [1.807, 2.05) is 17.5 Å². The number of sulfonamides is 1. The van der Waals surface area contributed by atoms with Crippen LogP contribution in [0, 0.1) is 0 Å². The minimum atomic E-state index is -3.09. The van der Waals surface area contributed by atoms with E-state index in [9.17, 15) is 8.42 Å². The monoisotopic (exact) mass is 285 g/mol. The van der Waals surface area contributed by atoms with Crippen molar-refractivity contribution >= 4 is 37.3 Å². The summed E-state index contributed by atoms with van der Waals surface area (Å²) in [6.07, 6.45) is 3.65. The van der Waals surface area contributed by atoms with Crippen LogP contribution in [0.5, 0.6) is 0 Å². The normalized spacial score (nSPS) is 11.8. The first-order valence-electron chi connectivity index (χ1n) is 5.57. The molecule has 2 N–H and O–H groups in total. The quantitative estimate of drug-likeness (QED) is 0.792. The van der Waals surface area contributed by atoms with Gasteiger partial charge in [0.25, 0.3) is 0 Å². The number of fused-ring (bicyclic) bond motifs is 1. The SMILES string of the molecule is CS(=O)(=O)NCCCNc1nccc2sccc12. The zero-order valence-electron chi connectivity index (χ0n) is 10.0. The van der Waals surface area contributed by atoms with Crippen molar-refractivity contribution in [3.8, 4) is 0 Å². The molecule has 18 heavy (non-hydrogen) atoms. The number of nitrogens with one attached hydrogen (secondary N) is 2. The lowest BCUT2D eigenvalue weighted by molar-refractivity contribution is 0.586. The first-order chi connectivity index (χ1) is 8.56. The number of thiophene rings is 1. The van der Waals surface area contributed by atoms with Gasteiger partial charge in [-0.3, -0.25) is 0 Å². The van der Waals surface area contributed by atoms with Crippen molar-refractivity contribution in [2.45, 2.75) is 6.42 Å². The number of hydrogen-bond acceptors (Lipinski definition) is 5. The second-order valence-electron chi connectivity index (χ2n) is 3.94. The Bertz CT molecular complexity index is 622. The number of rotatable bonds is 6. The Hall–Kier alpha value is -1.18. The van der Waals surface area contributed by atoms with Gasteiger partial charge < -0.3 is 5.32 Å². The largest absolute Gasteiger partial charge is 0.369 e. The van der Waals surface area contributed by atoms with Crippen LogP contribution in [0.4, 0.5) is 5.82 Å². The van der Waals surface area contributed by atoms with Crippen LogP contribution in [0.2, 0.25) is 0 Å². The predicted molar refractivity (Wildman–Crippen MR) is 75.6 cm³/mol. The highest BCUT2D eigenvalue weighted by atomic mass is 32.2. The topological polar surface area (TPSA) is 71.1 Å². The van der Waals surface area contributed by atoms with Crippen LogP contribution in [-0.4, -0.2) is 32.7 Å². The van der Waals surface area contributed by atoms with E-state index in [2.05, 4.69) is 15.0 Å². The molecular formula is C11H15N3O2S2. The maximum absolute atomic E-state index is 10.9. The van der Waals surface area contributed by atoms with E-state index in [4.69, 9.17) is 0 Å². The molecule has 2 aromatic heterocycles. The maximum atomic E-state index is 10.9. The molecule has 7 heteroatoms. The third kappa shape index (κ3) is 3.66. The molecule has 0 saturated heterocycles. The van der Waals surface area contributed by atoms with Crippen molar-refractivity contribution in [1.29, 1.82) is 0 Å². The summed E-state index contributed by atoms with van der Waals surface area (Å²) in [6, 6.07) is 4.01. The molecule has 2 rings (SSSR count). The minimum Gasteiger partial charge on any atom is -0.369 e. The Morgan fingerprint density at radius 3 is 2.94 bits per heavy atom. The zero-order chi connectivity index (χ0) is 13.0. The number of hydrogen-bond donors (Lipinski definition) is 2. The molecule has 0 aliphatic carbocycles. The Balaban J connectivity index is 1.85. The predicted octanol–water partition coefficient (Wildman–Crippen LogP) is 1.65. The van der Waals surface area contributed by atoms with Gasteiger partial charge in [-0.15, -0.1) is 11.3 Å². The molecule has 0 radical (unpaired) electrons. The molecule has 2 aromatic rings. The van der Waals surface area contributed by atoms with Gasteiger partial charge in [-0.2, -0.15) is 0 Å². The van der Waals surface area contributed by atoms with E-state index >= 15 is 0 Å². The van der Waals surface area contributed by atoms with Crippen LogP contribution in [0.15, 0.2) is 23.7 Å². The van der Waals surface area contributed by atoms with Gasteiger partial charge in [0.15, 0.2) is 0 Å². The van der Waals surface area contributed by atoms with Gasteiger partial charge >= 0.3 is 0 Å². The Morgan fingerprint density at radius 1 is 1.33 bits per heavy atom. The molecule has 0 aromatic carbocycles. The first-order valence-corrected chi connectivity index (χ1v) is 8.34. The summed E-state index contributed by atoms with van der Waals surface area (Å²) in [7, 11) is -3.09. The molecule has 0 atom stereocenters. The molecular weight excluding hydrogens is 270 g/mol. The van der Waals surface area contributed by atoms with E-state index in [-0.39, 0.29) is 0 Å². The lowest BCUT2D eigenvalue weighted by Crippen LogP contribution is -2.24. The maximum Gasteiger partial charge on any atom is 0.208 e. The van der Waals surface area contributed by atoms with Gasteiger partial charge in [0.1, 0.15) is 5.82 Å². The van der Waals surface area contributed by atoms with Gasteiger partial charge in [-0.05, 0) is 23.9 Å². The average molecular weight is 285 g/mol. The van der Waals surface area contributed by atoms with E-state index in [1.165, 1.54) is 4.70 Å². The molecule has 0 fully saturated rings. The van der Waals surface area contributed by atoms with Crippen molar-refractivity contribution in [1.82, 2.24) is 9.71 Å². The Morgan fingerprint density at radius 2 is 2.17 bits per heavy atom. The number of nitrogens with zero attached hydrogens (tertiary/aromatic N) is 1. The van der Waals surface area contributed by atoms with Crippen molar-refractivity contribution in [2.75, 3.05) is 24.7 Å². The number of aromatic nitrogens is 1. The fourth-order valence-corrected chi connectivity index (χ4v) is 2.89.